The molecule has 1 fully saturated rings. The van der Waals surface area contributed by atoms with Gasteiger partial charge in [-0.25, -0.2) is 4.79 Å². The lowest BCUT2D eigenvalue weighted by Gasteiger charge is -2.22. The van der Waals surface area contributed by atoms with Crippen molar-refractivity contribution in [2.75, 3.05) is 26.2 Å². The van der Waals surface area contributed by atoms with Crippen molar-refractivity contribution in [3.63, 3.8) is 0 Å². The number of urea groups is 1. The number of hydrogen-bond acceptors (Lipinski definition) is 4. The van der Waals surface area contributed by atoms with Crippen LogP contribution in [0.2, 0.25) is 0 Å². The highest BCUT2D eigenvalue weighted by molar-refractivity contribution is 5.74. The minimum absolute atomic E-state index is 0.0120. The molecule has 0 radical (unpaired) electrons. The molecule has 0 spiro atoms. The third-order valence-corrected chi connectivity index (χ3v) is 4.22. The lowest BCUT2D eigenvalue weighted by molar-refractivity contribution is 0.197. The zero-order valence-electron chi connectivity index (χ0n) is 14.1. The van der Waals surface area contributed by atoms with Crippen LogP contribution in [0.25, 0.3) is 0 Å². The number of nitrogens with one attached hydrogen (secondary N) is 1. The highest BCUT2D eigenvalue weighted by Crippen LogP contribution is 2.10. The third kappa shape index (κ3) is 4.58. The molecule has 1 aromatic carbocycles. The molecule has 0 aliphatic carbocycles. The summed E-state index contributed by atoms with van der Waals surface area (Å²) in [4.78, 5) is 16.6. The molecule has 1 saturated heterocycles. The van der Waals surface area contributed by atoms with Crippen LogP contribution in [0, 0.1) is 6.92 Å². The quantitative estimate of drug-likeness (QED) is 0.936. The standard InChI is InChI=1S/C18H24N4O2/c1-15-12-17(20-24-15)14-21-8-5-9-22(11-10-21)18(23)19-13-16-6-3-2-4-7-16/h2-4,6-7,12H,5,8-11,13-14H2,1H3,(H,19,23). The zero-order chi connectivity index (χ0) is 16.8. The summed E-state index contributed by atoms with van der Waals surface area (Å²) in [7, 11) is 0. The molecule has 1 aromatic heterocycles. The van der Waals surface area contributed by atoms with E-state index in [2.05, 4.69) is 15.4 Å². The number of hydrogen-bond donors (Lipinski definition) is 1. The fourth-order valence-electron chi connectivity index (χ4n) is 2.94. The zero-order valence-corrected chi connectivity index (χ0v) is 14.1. The predicted octanol–water partition coefficient (Wildman–Crippen LogP) is 2.40. The average molecular weight is 328 g/mol. The topological polar surface area (TPSA) is 61.6 Å². The van der Waals surface area contributed by atoms with Gasteiger partial charge in [-0.05, 0) is 18.9 Å². The summed E-state index contributed by atoms with van der Waals surface area (Å²) in [5.41, 5.74) is 2.07. The van der Waals surface area contributed by atoms with Crippen LogP contribution in [0.1, 0.15) is 23.4 Å². The van der Waals surface area contributed by atoms with Gasteiger partial charge in [0.15, 0.2) is 0 Å². The Morgan fingerprint density at radius 1 is 1.21 bits per heavy atom. The fourth-order valence-corrected chi connectivity index (χ4v) is 2.94. The van der Waals surface area contributed by atoms with Gasteiger partial charge in [-0.2, -0.15) is 0 Å². The maximum atomic E-state index is 12.4. The van der Waals surface area contributed by atoms with Crippen LogP contribution >= 0.6 is 0 Å². The monoisotopic (exact) mass is 328 g/mol. The summed E-state index contributed by atoms with van der Waals surface area (Å²) in [5.74, 6) is 0.835. The number of nitrogens with zero attached hydrogens (tertiary/aromatic N) is 3. The summed E-state index contributed by atoms with van der Waals surface area (Å²) >= 11 is 0. The molecule has 6 nitrogen and oxygen atoms in total. The van der Waals surface area contributed by atoms with E-state index in [9.17, 15) is 4.79 Å². The second kappa shape index (κ2) is 7.97. The Morgan fingerprint density at radius 3 is 2.79 bits per heavy atom. The molecule has 0 saturated carbocycles. The minimum Gasteiger partial charge on any atom is -0.361 e. The number of benzene rings is 1. The number of amides is 2. The Bertz CT molecular complexity index is 656. The van der Waals surface area contributed by atoms with Crippen molar-refractivity contribution in [2.45, 2.75) is 26.4 Å². The van der Waals surface area contributed by atoms with E-state index < -0.39 is 0 Å². The van der Waals surface area contributed by atoms with E-state index in [0.717, 1.165) is 56.2 Å². The average Bonchev–Trinajstić information content (AvgIpc) is 2.86. The van der Waals surface area contributed by atoms with Crippen LogP contribution in [-0.2, 0) is 13.1 Å². The summed E-state index contributed by atoms with van der Waals surface area (Å²) in [5, 5.41) is 7.05. The van der Waals surface area contributed by atoms with E-state index in [1.165, 1.54) is 0 Å². The Labute approximate surface area is 142 Å². The van der Waals surface area contributed by atoms with Crippen molar-refractivity contribution in [3.05, 3.63) is 53.4 Å². The highest BCUT2D eigenvalue weighted by Gasteiger charge is 2.19. The van der Waals surface area contributed by atoms with Crippen molar-refractivity contribution in [3.8, 4) is 0 Å². The van der Waals surface area contributed by atoms with Gasteiger partial charge in [0.1, 0.15) is 5.76 Å². The SMILES string of the molecule is Cc1cc(CN2CCCN(C(=O)NCc3ccccc3)CC2)no1. The summed E-state index contributed by atoms with van der Waals surface area (Å²) in [6.45, 7) is 6.58. The molecule has 0 atom stereocenters. The number of aromatic nitrogens is 1. The second-order valence-corrected chi connectivity index (χ2v) is 6.19. The lowest BCUT2D eigenvalue weighted by Crippen LogP contribution is -2.41. The molecule has 0 bridgehead atoms. The normalized spacial score (nSPS) is 16.0. The van der Waals surface area contributed by atoms with E-state index >= 15 is 0 Å². The maximum absolute atomic E-state index is 12.4. The third-order valence-electron chi connectivity index (χ3n) is 4.22. The Morgan fingerprint density at radius 2 is 2.04 bits per heavy atom. The molecule has 1 aliphatic rings. The van der Waals surface area contributed by atoms with Crippen molar-refractivity contribution in [2.24, 2.45) is 0 Å². The molecular formula is C18H24N4O2. The number of aryl methyl sites for hydroxylation is 1. The van der Waals surface area contributed by atoms with Crippen LogP contribution in [0.5, 0.6) is 0 Å². The number of rotatable bonds is 4. The van der Waals surface area contributed by atoms with Crippen LogP contribution in [-0.4, -0.2) is 47.2 Å². The lowest BCUT2D eigenvalue weighted by atomic mass is 10.2. The first-order valence-corrected chi connectivity index (χ1v) is 8.42. The van der Waals surface area contributed by atoms with E-state index in [-0.39, 0.29) is 6.03 Å². The fraction of sp³-hybridized carbons (Fsp3) is 0.444. The van der Waals surface area contributed by atoms with Gasteiger partial charge in [0.2, 0.25) is 0 Å². The van der Waals surface area contributed by atoms with E-state index in [4.69, 9.17) is 4.52 Å². The molecule has 6 heteroatoms. The summed E-state index contributed by atoms with van der Waals surface area (Å²) in [6.07, 6.45) is 0.968. The largest absolute Gasteiger partial charge is 0.361 e. The first-order chi connectivity index (χ1) is 11.7. The molecule has 2 aromatic rings. The Kier molecular flexibility index (Phi) is 5.48. The van der Waals surface area contributed by atoms with Gasteiger partial charge in [-0.15, -0.1) is 0 Å². The molecule has 2 amide bonds. The van der Waals surface area contributed by atoms with Crippen molar-refractivity contribution in [1.29, 1.82) is 0 Å². The first-order valence-electron chi connectivity index (χ1n) is 8.42. The van der Waals surface area contributed by atoms with Crippen LogP contribution in [0.15, 0.2) is 40.9 Å². The molecular weight excluding hydrogens is 304 g/mol. The molecule has 3 rings (SSSR count). The molecule has 1 N–H and O–H groups in total. The van der Waals surface area contributed by atoms with Gasteiger partial charge < -0.3 is 14.7 Å². The number of carbonyl (C=O) groups is 1. The predicted molar refractivity (Wildman–Crippen MR) is 91.4 cm³/mol. The van der Waals surface area contributed by atoms with E-state index in [1.807, 2.05) is 48.2 Å². The van der Waals surface area contributed by atoms with Gasteiger partial charge in [0.05, 0.1) is 5.69 Å². The molecule has 128 valence electrons. The minimum atomic E-state index is 0.0120. The maximum Gasteiger partial charge on any atom is 0.317 e. The van der Waals surface area contributed by atoms with Crippen molar-refractivity contribution in [1.82, 2.24) is 20.3 Å². The van der Waals surface area contributed by atoms with Crippen molar-refractivity contribution >= 4 is 6.03 Å². The first kappa shape index (κ1) is 16.5. The van der Waals surface area contributed by atoms with Crippen LogP contribution in [0.4, 0.5) is 4.79 Å². The number of carbonyl (C=O) groups excluding carboxylic acids is 1. The van der Waals surface area contributed by atoms with Gasteiger partial charge in [0.25, 0.3) is 0 Å². The van der Waals surface area contributed by atoms with Crippen LogP contribution in [0.3, 0.4) is 0 Å². The molecule has 2 heterocycles. The van der Waals surface area contributed by atoms with Crippen LogP contribution < -0.4 is 5.32 Å². The Balaban J connectivity index is 1.46. The molecule has 24 heavy (non-hydrogen) atoms. The van der Waals surface area contributed by atoms with Crippen molar-refractivity contribution < 1.29 is 9.32 Å². The summed E-state index contributed by atoms with van der Waals surface area (Å²) < 4.78 is 5.12. The van der Waals surface area contributed by atoms with Gasteiger partial charge in [-0.3, -0.25) is 4.90 Å². The van der Waals surface area contributed by atoms with Gasteiger partial charge in [-0.1, -0.05) is 35.5 Å². The Hall–Kier alpha value is -2.34. The second-order valence-electron chi connectivity index (χ2n) is 6.19. The van der Waals surface area contributed by atoms with E-state index in [1.54, 1.807) is 0 Å². The molecule has 0 unspecified atom stereocenters. The van der Waals surface area contributed by atoms with Gasteiger partial charge >= 0.3 is 6.03 Å². The van der Waals surface area contributed by atoms with Gasteiger partial charge in [0, 0.05) is 45.3 Å². The highest BCUT2D eigenvalue weighted by atomic mass is 16.5. The molecule has 1 aliphatic heterocycles. The van der Waals surface area contributed by atoms with E-state index in [0.29, 0.717) is 6.54 Å². The smallest absolute Gasteiger partial charge is 0.317 e. The summed E-state index contributed by atoms with van der Waals surface area (Å²) in [6, 6.07) is 12.0.